The fourth-order valence-corrected chi connectivity index (χ4v) is 2.44. The molecule has 0 saturated carbocycles. The maximum absolute atomic E-state index is 12.7. The smallest absolute Gasteiger partial charge is 0.337 e. The van der Waals surface area contributed by atoms with Crippen molar-refractivity contribution in [3.63, 3.8) is 0 Å². The Balaban J connectivity index is 1.74. The van der Waals surface area contributed by atoms with E-state index in [0.29, 0.717) is 0 Å². The number of esters is 1. The first-order chi connectivity index (χ1) is 18.1. The average molecular weight is 441 g/mol. The van der Waals surface area contributed by atoms with E-state index < -0.39 is 43.5 Å². The van der Waals surface area contributed by atoms with Crippen LogP contribution in [0.4, 0.5) is 0 Å². The van der Waals surface area contributed by atoms with Crippen LogP contribution >= 0.6 is 0 Å². The van der Waals surface area contributed by atoms with Gasteiger partial charge in [0.15, 0.2) is 0 Å². The van der Waals surface area contributed by atoms with E-state index in [0.717, 1.165) is 18.5 Å². The normalized spacial score (nSPS) is 14.7. The lowest BCUT2D eigenvalue weighted by molar-refractivity contribution is 0.0600. The van der Waals surface area contributed by atoms with Gasteiger partial charge in [-0.25, -0.2) is 14.8 Å². The molecule has 0 aliphatic heterocycles. The van der Waals surface area contributed by atoms with Gasteiger partial charge in [-0.05, 0) is 35.4 Å². The monoisotopic (exact) mass is 441 g/mol. The predicted molar refractivity (Wildman–Crippen MR) is 115 cm³/mol. The Kier molecular flexibility index (Phi) is 4.90. The summed E-state index contributed by atoms with van der Waals surface area (Å²) >= 11 is 0. The first kappa shape index (κ1) is 14.7. The van der Waals surface area contributed by atoms with Crippen LogP contribution in [0, 0.1) is 0 Å². The Morgan fingerprint density at radius 1 is 0.938 bits per heavy atom. The molecule has 2 amide bonds. The molecule has 0 radical (unpaired) electrons. The van der Waals surface area contributed by atoms with Crippen molar-refractivity contribution in [2.45, 2.75) is 13.0 Å². The van der Waals surface area contributed by atoms with Gasteiger partial charge in [0.05, 0.1) is 29.3 Å². The zero-order chi connectivity index (χ0) is 29.0. The van der Waals surface area contributed by atoms with Gasteiger partial charge in [0.2, 0.25) is 0 Å². The minimum atomic E-state index is -2.76. The second-order valence-electron chi connectivity index (χ2n) is 6.15. The van der Waals surface area contributed by atoms with Gasteiger partial charge in [-0.15, -0.1) is 0 Å². The Bertz CT molecular complexity index is 1380. The number of methoxy groups -OCH3 is 2. The molecule has 0 unspecified atom stereocenters. The van der Waals surface area contributed by atoms with Crippen LogP contribution in [0.25, 0.3) is 0 Å². The molecule has 1 aromatic heterocycles. The summed E-state index contributed by atoms with van der Waals surface area (Å²) in [5.74, 6) is -2.77. The lowest BCUT2D eigenvalue weighted by Crippen LogP contribution is -2.27. The summed E-state index contributed by atoms with van der Waals surface area (Å²) in [6.07, 6.45) is 0.880. The minimum Gasteiger partial charge on any atom is -0.497 e. The number of carbonyl (C=O) groups excluding carboxylic acids is 3. The van der Waals surface area contributed by atoms with Crippen LogP contribution in [0.15, 0.2) is 60.9 Å². The molecule has 9 nitrogen and oxygen atoms in total. The first-order valence-electron chi connectivity index (χ1n) is 12.6. The van der Waals surface area contributed by atoms with Gasteiger partial charge in [0.1, 0.15) is 23.5 Å². The number of nitrogens with zero attached hydrogens (tertiary/aromatic N) is 2. The van der Waals surface area contributed by atoms with Crippen molar-refractivity contribution < 1.29 is 33.5 Å². The number of rotatable bonds is 8. The number of hydrogen-bond acceptors (Lipinski definition) is 7. The standard InChI is InChI=1S/C23H22N4O5/c1-31-18-5-3-4-16(10-18)13-25-22(29)20-11-19(26-14-27-20)21(28)24-12-15-6-8-17(9-7-15)23(30)32-2/h3-11,14H,12-13H2,1-2H3,(H,24,28)(H,25,29)/i1D3,12D2,13D2. The third kappa shape index (κ3) is 5.88. The maximum atomic E-state index is 12.7. The summed E-state index contributed by atoms with van der Waals surface area (Å²) < 4.78 is 63.7. The zero-order valence-corrected chi connectivity index (χ0v) is 16.7. The van der Waals surface area contributed by atoms with E-state index in [1.54, 1.807) is 0 Å². The summed E-state index contributed by atoms with van der Waals surface area (Å²) in [5, 5.41) is 4.24. The number of benzene rings is 2. The van der Waals surface area contributed by atoms with Gasteiger partial charge in [0.25, 0.3) is 11.8 Å². The van der Waals surface area contributed by atoms with Crippen LogP contribution in [0.2, 0.25) is 0 Å². The van der Waals surface area contributed by atoms with Crippen molar-refractivity contribution in [3.05, 3.63) is 89.0 Å². The Labute approximate surface area is 194 Å². The molecule has 0 spiro atoms. The highest BCUT2D eigenvalue weighted by atomic mass is 16.5. The topological polar surface area (TPSA) is 120 Å². The van der Waals surface area contributed by atoms with E-state index >= 15 is 0 Å². The molecule has 2 N–H and O–H groups in total. The van der Waals surface area contributed by atoms with E-state index in [9.17, 15) is 14.4 Å². The minimum absolute atomic E-state index is 0.0217. The Hall–Kier alpha value is -4.27. The lowest BCUT2D eigenvalue weighted by atomic mass is 10.1. The third-order valence-electron chi connectivity index (χ3n) is 4.03. The highest BCUT2D eigenvalue weighted by Crippen LogP contribution is 2.12. The van der Waals surface area contributed by atoms with Crippen LogP contribution in [0.5, 0.6) is 5.75 Å². The fourth-order valence-electron chi connectivity index (χ4n) is 2.44. The molecule has 3 aromatic rings. The van der Waals surface area contributed by atoms with Crippen molar-refractivity contribution in [1.29, 1.82) is 0 Å². The molecule has 1 heterocycles. The molecule has 0 aliphatic rings. The van der Waals surface area contributed by atoms with E-state index in [-0.39, 0.29) is 28.1 Å². The number of carbonyl (C=O) groups is 3. The average Bonchev–Trinajstić information content (AvgIpc) is 2.87. The van der Waals surface area contributed by atoms with E-state index in [4.69, 9.17) is 14.3 Å². The van der Waals surface area contributed by atoms with Crippen LogP contribution in [-0.4, -0.2) is 41.9 Å². The Morgan fingerprint density at radius 3 is 2.22 bits per heavy atom. The van der Waals surface area contributed by atoms with Gasteiger partial charge in [-0.1, -0.05) is 24.3 Å². The SMILES string of the molecule is [2H]C([2H])([2H])Oc1cccc(C([2H])([2H])NC(=O)c2cc(C(=O)NC([2H])([2H])c3ccc(C(=O)OC)cc3)ncn2)c1. The number of nitrogens with one attached hydrogen (secondary N) is 2. The largest absolute Gasteiger partial charge is 0.497 e. The third-order valence-corrected chi connectivity index (χ3v) is 4.03. The van der Waals surface area contributed by atoms with Gasteiger partial charge in [-0.2, -0.15) is 0 Å². The highest BCUT2D eigenvalue weighted by molar-refractivity contribution is 5.97. The number of aromatic nitrogens is 2. The first-order valence-corrected chi connectivity index (χ1v) is 9.07. The van der Waals surface area contributed by atoms with E-state index in [1.807, 2.05) is 0 Å². The van der Waals surface area contributed by atoms with Gasteiger partial charge in [0, 0.05) is 19.1 Å². The van der Waals surface area contributed by atoms with Gasteiger partial charge < -0.3 is 20.1 Å². The van der Waals surface area contributed by atoms with Crippen LogP contribution in [0.1, 0.15) is 52.1 Å². The summed E-state index contributed by atoms with van der Waals surface area (Å²) in [7, 11) is -1.55. The molecule has 0 aliphatic carbocycles. The zero-order valence-electron chi connectivity index (χ0n) is 23.7. The summed E-state index contributed by atoms with van der Waals surface area (Å²) in [6.45, 7) is -4.88. The van der Waals surface area contributed by atoms with Crippen LogP contribution in [-0.2, 0) is 17.7 Å². The Morgan fingerprint density at radius 2 is 1.59 bits per heavy atom. The van der Waals surface area contributed by atoms with Crippen molar-refractivity contribution >= 4 is 17.8 Å². The summed E-state index contributed by atoms with van der Waals surface area (Å²) in [6, 6.07) is 11.3. The number of amides is 2. The summed E-state index contributed by atoms with van der Waals surface area (Å²) in [5.41, 5.74) is -0.675. The number of hydrogen-bond donors (Lipinski definition) is 2. The molecular formula is C23H22N4O5. The van der Waals surface area contributed by atoms with Gasteiger partial charge >= 0.3 is 5.97 Å². The molecular weight excluding hydrogens is 412 g/mol. The molecule has 0 saturated heterocycles. The van der Waals surface area contributed by atoms with Crippen LogP contribution in [0.3, 0.4) is 0 Å². The fraction of sp³-hybridized carbons (Fsp3) is 0.174. The highest BCUT2D eigenvalue weighted by Gasteiger charge is 2.13. The van der Waals surface area contributed by atoms with Crippen LogP contribution < -0.4 is 15.4 Å². The second-order valence-corrected chi connectivity index (χ2v) is 6.15. The maximum Gasteiger partial charge on any atom is 0.337 e. The molecule has 32 heavy (non-hydrogen) atoms. The predicted octanol–water partition coefficient (Wildman–Crippen LogP) is 2.13. The number of ether oxygens (including phenoxy) is 2. The van der Waals surface area contributed by atoms with Crippen molar-refractivity contribution in [2.24, 2.45) is 0 Å². The molecule has 0 bridgehead atoms. The van der Waals surface area contributed by atoms with Crippen molar-refractivity contribution in [3.8, 4) is 5.75 Å². The molecule has 9 heteroatoms. The molecule has 164 valence electrons. The molecule has 2 aromatic carbocycles. The molecule has 0 atom stereocenters. The van der Waals surface area contributed by atoms with Crippen molar-refractivity contribution in [2.75, 3.05) is 14.1 Å². The molecule has 0 fully saturated rings. The molecule has 3 rings (SSSR count). The second kappa shape index (κ2) is 10.7. The lowest BCUT2D eigenvalue weighted by Gasteiger charge is -2.08. The van der Waals surface area contributed by atoms with Gasteiger partial charge in [-0.3, -0.25) is 9.59 Å². The van der Waals surface area contributed by atoms with E-state index in [2.05, 4.69) is 25.3 Å². The summed E-state index contributed by atoms with van der Waals surface area (Å²) in [4.78, 5) is 44.5. The quantitative estimate of drug-likeness (QED) is 0.514. The van der Waals surface area contributed by atoms with E-state index in [1.165, 1.54) is 49.6 Å². The van der Waals surface area contributed by atoms with Crippen molar-refractivity contribution in [1.82, 2.24) is 20.6 Å².